The summed E-state index contributed by atoms with van der Waals surface area (Å²) in [6.07, 6.45) is 1.47. The molecule has 0 saturated heterocycles. The number of hydrogen-bond acceptors (Lipinski definition) is 8. The summed E-state index contributed by atoms with van der Waals surface area (Å²) in [6.45, 7) is 0.0711. The standard InChI is InChI=1S/C24H23NO8S/c1-30-20-11-9-17(23(26)32-15-18-10-12-21(33-18)24(27)31-2)14-22(20)34(28,29)25-13-5-7-16-6-3-4-8-19(16)25/h3-4,6,8-12,14H,5,7,13,15H2,1-2H3. The number of aryl methyl sites for hydroxylation is 1. The van der Waals surface area contributed by atoms with Gasteiger partial charge in [0.2, 0.25) is 5.76 Å². The highest BCUT2D eigenvalue weighted by atomic mass is 32.2. The smallest absolute Gasteiger partial charge is 0.373 e. The van der Waals surface area contributed by atoms with Gasteiger partial charge >= 0.3 is 11.9 Å². The highest BCUT2D eigenvalue weighted by Gasteiger charge is 2.32. The van der Waals surface area contributed by atoms with E-state index in [9.17, 15) is 18.0 Å². The Morgan fingerprint density at radius 1 is 1.03 bits per heavy atom. The number of hydrogen-bond donors (Lipinski definition) is 0. The molecule has 2 aromatic carbocycles. The van der Waals surface area contributed by atoms with Crippen LogP contribution in [0.2, 0.25) is 0 Å². The summed E-state index contributed by atoms with van der Waals surface area (Å²) < 4.78 is 49.0. The van der Waals surface area contributed by atoms with Gasteiger partial charge in [-0.05, 0) is 54.8 Å². The molecule has 0 aliphatic carbocycles. The Balaban J connectivity index is 1.59. The molecule has 3 aromatic rings. The van der Waals surface area contributed by atoms with Crippen LogP contribution in [0.15, 0.2) is 63.9 Å². The van der Waals surface area contributed by atoms with E-state index in [2.05, 4.69) is 4.74 Å². The van der Waals surface area contributed by atoms with Crippen molar-refractivity contribution in [3.8, 4) is 5.75 Å². The molecule has 0 fully saturated rings. The van der Waals surface area contributed by atoms with Crippen LogP contribution in [0, 0.1) is 0 Å². The van der Waals surface area contributed by atoms with Gasteiger partial charge < -0.3 is 18.6 Å². The van der Waals surface area contributed by atoms with Gasteiger partial charge in [-0.15, -0.1) is 0 Å². The number of sulfonamides is 1. The zero-order chi connectivity index (χ0) is 24.3. The van der Waals surface area contributed by atoms with Crippen LogP contribution < -0.4 is 9.04 Å². The molecule has 0 bridgehead atoms. The summed E-state index contributed by atoms with van der Waals surface area (Å²) in [7, 11) is -1.43. The van der Waals surface area contributed by atoms with Crippen LogP contribution in [-0.2, 0) is 32.5 Å². The molecule has 4 rings (SSSR count). The molecule has 0 unspecified atom stereocenters. The molecule has 34 heavy (non-hydrogen) atoms. The third-order valence-electron chi connectivity index (χ3n) is 5.43. The summed E-state index contributed by atoms with van der Waals surface area (Å²) in [4.78, 5) is 24.0. The van der Waals surface area contributed by atoms with Gasteiger partial charge in [-0.3, -0.25) is 4.31 Å². The Hall–Kier alpha value is -3.79. The second-order valence-electron chi connectivity index (χ2n) is 7.51. The molecule has 1 aliphatic heterocycles. The van der Waals surface area contributed by atoms with Gasteiger partial charge in [-0.2, -0.15) is 0 Å². The molecule has 2 heterocycles. The van der Waals surface area contributed by atoms with Crippen molar-refractivity contribution >= 4 is 27.6 Å². The molecule has 0 radical (unpaired) electrons. The Bertz CT molecular complexity index is 1330. The van der Waals surface area contributed by atoms with E-state index in [4.69, 9.17) is 13.9 Å². The minimum absolute atomic E-state index is 0.0202. The highest BCUT2D eigenvalue weighted by molar-refractivity contribution is 7.93. The Kier molecular flexibility index (Phi) is 6.60. The molecule has 9 nitrogen and oxygen atoms in total. The predicted molar refractivity (Wildman–Crippen MR) is 121 cm³/mol. The number of anilines is 1. The van der Waals surface area contributed by atoms with Gasteiger partial charge in [-0.25, -0.2) is 18.0 Å². The second-order valence-corrected chi connectivity index (χ2v) is 9.34. The lowest BCUT2D eigenvalue weighted by molar-refractivity contribution is 0.0438. The first-order valence-corrected chi connectivity index (χ1v) is 11.9. The van der Waals surface area contributed by atoms with E-state index in [1.165, 1.54) is 48.9 Å². The third kappa shape index (κ3) is 4.49. The van der Waals surface area contributed by atoms with Crippen LogP contribution in [0.3, 0.4) is 0 Å². The molecule has 0 saturated carbocycles. The first-order chi connectivity index (χ1) is 16.3. The highest BCUT2D eigenvalue weighted by Crippen LogP contribution is 2.35. The fourth-order valence-corrected chi connectivity index (χ4v) is 5.48. The summed E-state index contributed by atoms with van der Waals surface area (Å²) >= 11 is 0. The normalized spacial score (nSPS) is 13.2. The lowest BCUT2D eigenvalue weighted by atomic mass is 10.0. The van der Waals surface area contributed by atoms with Crippen LogP contribution in [-0.4, -0.2) is 41.1 Å². The van der Waals surface area contributed by atoms with Crippen molar-refractivity contribution in [1.29, 1.82) is 0 Å². The average molecular weight is 486 g/mol. The number of benzene rings is 2. The first-order valence-electron chi connectivity index (χ1n) is 10.5. The summed E-state index contributed by atoms with van der Waals surface area (Å²) in [6, 6.07) is 14.3. The summed E-state index contributed by atoms with van der Waals surface area (Å²) in [5.74, 6) is -1.07. The van der Waals surface area contributed by atoms with Crippen LogP contribution in [0.5, 0.6) is 5.75 Å². The van der Waals surface area contributed by atoms with Crippen molar-refractivity contribution in [2.24, 2.45) is 0 Å². The molecule has 0 spiro atoms. The molecule has 178 valence electrons. The fraction of sp³-hybridized carbons (Fsp3) is 0.250. The second kappa shape index (κ2) is 9.60. The van der Waals surface area contributed by atoms with E-state index in [0.717, 1.165) is 12.0 Å². The van der Waals surface area contributed by atoms with E-state index in [1.807, 2.05) is 12.1 Å². The van der Waals surface area contributed by atoms with Crippen LogP contribution in [0.25, 0.3) is 0 Å². The third-order valence-corrected chi connectivity index (χ3v) is 7.26. The van der Waals surface area contributed by atoms with E-state index in [1.54, 1.807) is 12.1 Å². The van der Waals surface area contributed by atoms with E-state index in [0.29, 0.717) is 18.7 Å². The maximum absolute atomic E-state index is 13.6. The number of rotatable bonds is 7. The zero-order valence-electron chi connectivity index (χ0n) is 18.6. The van der Waals surface area contributed by atoms with Gasteiger partial charge in [0.25, 0.3) is 10.0 Å². The number of methoxy groups -OCH3 is 2. The number of nitrogens with zero attached hydrogens (tertiary/aromatic N) is 1. The first kappa shape index (κ1) is 23.4. The van der Waals surface area contributed by atoms with E-state index >= 15 is 0 Å². The van der Waals surface area contributed by atoms with Crippen molar-refractivity contribution in [2.75, 3.05) is 25.1 Å². The SMILES string of the molecule is COC(=O)c1ccc(COC(=O)c2ccc(OC)c(S(=O)(=O)N3CCCc4ccccc43)c2)o1. The number of carbonyl (C=O) groups is 2. The monoisotopic (exact) mass is 485 g/mol. The van der Waals surface area contributed by atoms with Gasteiger partial charge in [-0.1, -0.05) is 18.2 Å². The van der Waals surface area contributed by atoms with Crippen molar-refractivity contribution in [2.45, 2.75) is 24.3 Å². The molecular weight excluding hydrogens is 462 g/mol. The number of esters is 2. The average Bonchev–Trinajstić information content (AvgIpc) is 3.35. The summed E-state index contributed by atoms with van der Waals surface area (Å²) in [5, 5.41) is 0. The van der Waals surface area contributed by atoms with Gasteiger partial charge in [0.15, 0.2) is 0 Å². The maximum Gasteiger partial charge on any atom is 0.373 e. The Morgan fingerprint density at radius 3 is 2.59 bits per heavy atom. The molecule has 10 heteroatoms. The quantitative estimate of drug-likeness (QED) is 0.467. The van der Waals surface area contributed by atoms with Crippen LogP contribution >= 0.6 is 0 Å². The number of ether oxygens (including phenoxy) is 3. The Morgan fingerprint density at radius 2 is 1.82 bits per heavy atom. The van der Waals surface area contributed by atoms with E-state index < -0.39 is 22.0 Å². The maximum atomic E-state index is 13.6. The largest absolute Gasteiger partial charge is 0.495 e. The van der Waals surface area contributed by atoms with Gasteiger partial charge in [0, 0.05) is 6.54 Å². The van der Waals surface area contributed by atoms with Crippen molar-refractivity contribution in [3.63, 3.8) is 0 Å². The van der Waals surface area contributed by atoms with Crippen molar-refractivity contribution < 1.29 is 36.6 Å². The lowest BCUT2D eigenvalue weighted by Gasteiger charge is -2.30. The minimum Gasteiger partial charge on any atom is -0.495 e. The molecule has 1 aliphatic rings. The van der Waals surface area contributed by atoms with Gasteiger partial charge in [0.1, 0.15) is 23.0 Å². The summed E-state index contributed by atoms with van der Waals surface area (Å²) in [5.41, 5.74) is 1.59. The molecular formula is C24H23NO8S. The Labute approximate surface area is 196 Å². The minimum atomic E-state index is -4.02. The van der Waals surface area contributed by atoms with E-state index in [-0.39, 0.29) is 34.3 Å². The fourth-order valence-electron chi connectivity index (χ4n) is 3.76. The topological polar surface area (TPSA) is 112 Å². The molecule has 1 aromatic heterocycles. The number of furan rings is 1. The van der Waals surface area contributed by atoms with Crippen LogP contribution in [0.4, 0.5) is 5.69 Å². The van der Waals surface area contributed by atoms with Crippen LogP contribution in [0.1, 0.15) is 38.7 Å². The number of para-hydroxylation sites is 1. The predicted octanol–water partition coefficient (Wildman–Crippen LogP) is 3.57. The number of carbonyl (C=O) groups excluding carboxylic acids is 2. The molecule has 0 N–H and O–H groups in total. The van der Waals surface area contributed by atoms with Crippen molar-refractivity contribution in [3.05, 3.63) is 77.2 Å². The number of fused-ring (bicyclic) bond motifs is 1. The molecule has 0 atom stereocenters. The van der Waals surface area contributed by atoms with Gasteiger partial charge in [0.05, 0.1) is 25.5 Å². The zero-order valence-corrected chi connectivity index (χ0v) is 19.5. The molecule has 0 amide bonds. The lowest BCUT2D eigenvalue weighted by Crippen LogP contribution is -2.35. The van der Waals surface area contributed by atoms with Crippen molar-refractivity contribution in [1.82, 2.24) is 0 Å².